The van der Waals surface area contributed by atoms with Gasteiger partial charge in [-0.2, -0.15) is 0 Å². The van der Waals surface area contributed by atoms with Crippen LogP contribution in [-0.4, -0.2) is 39.1 Å². The molecule has 32 heavy (non-hydrogen) atoms. The smallest absolute Gasteiger partial charge is 0.278 e. The van der Waals surface area contributed by atoms with Crippen LogP contribution in [0.3, 0.4) is 0 Å². The molecule has 160 valence electrons. The highest BCUT2D eigenvalue weighted by atomic mass is 19.1. The van der Waals surface area contributed by atoms with Gasteiger partial charge < -0.3 is 14.8 Å². The van der Waals surface area contributed by atoms with Gasteiger partial charge in [-0.05, 0) is 55.0 Å². The highest BCUT2D eigenvalue weighted by Crippen LogP contribution is 2.33. The number of aromatic nitrogens is 4. The fraction of sp³-hybridized carbons (Fsp3) is 0.130. The second-order valence-electron chi connectivity index (χ2n) is 7.19. The lowest BCUT2D eigenvalue weighted by Gasteiger charge is -2.19. The van der Waals surface area contributed by atoms with E-state index in [2.05, 4.69) is 20.6 Å². The van der Waals surface area contributed by atoms with Gasteiger partial charge in [0, 0.05) is 29.7 Å². The number of fused-ring (bicyclic) bond motifs is 1. The van der Waals surface area contributed by atoms with E-state index >= 15 is 0 Å². The average molecular weight is 431 g/mol. The van der Waals surface area contributed by atoms with Crippen molar-refractivity contribution in [2.75, 3.05) is 18.5 Å². The Balaban J connectivity index is 1.54. The van der Waals surface area contributed by atoms with Crippen LogP contribution in [0.5, 0.6) is 11.5 Å². The van der Waals surface area contributed by atoms with Gasteiger partial charge in [-0.25, -0.2) is 9.07 Å². The van der Waals surface area contributed by atoms with Gasteiger partial charge in [0.25, 0.3) is 5.91 Å². The highest BCUT2D eigenvalue weighted by Gasteiger charge is 2.23. The molecule has 0 radical (unpaired) electrons. The first kappa shape index (κ1) is 19.7. The van der Waals surface area contributed by atoms with E-state index in [0.717, 1.165) is 0 Å². The van der Waals surface area contributed by atoms with Gasteiger partial charge in [-0.3, -0.25) is 9.78 Å². The van der Waals surface area contributed by atoms with Crippen molar-refractivity contribution in [3.63, 3.8) is 0 Å². The minimum absolute atomic E-state index is 0.106. The van der Waals surface area contributed by atoms with Crippen molar-refractivity contribution in [3.05, 3.63) is 78.0 Å². The molecule has 3 heterocycles. The van der Waals surface area contributed by atoms with Crippen LogP contribution in [0.2, 0.25) is 0 Å². The SMILES string of the molecule is Cc1cc(-n2nnc(C(=O)Nc3ccc4c(c3)OCCO4)c2-c2cccnc2)ccc1F. The van der Waals surface area contributed by atoms with Crippen molar-refractivity contribution in [1.29, 1.82) is 0 Å². The maximum Gasteiger partial charge on any atom is 0.278 e. The van der Waals surface area contributed by atoms with Gasteiger partial charge in [0.2, 0.25) is 0 Å². The predicted molar refractivity (Wildman–Crippen MR) is 115 cm³/mol. The summed E-state index contributed by atoms with van der Waals surface area (Å²) in [6.07, 6.45) is 3.25. The third kappa shape index (κ3) is 3.64. The van der Waals surface area contributed by atoms with Crippen LogP contribution in [0.4, 0.5) is 10.1 Å². The Morgan fingerprint density at radius 2 is 1.94 bits per heavy atom. The van der Waals surface area contributed by atoms with Crippen LogP contribution in [0.25, 0.3) is 16.9 Å². The molecule has 1 amide bonds. The second kappa shape index (κ2) is 8.10. The molecule has 5 rings (SSSR count). The third-order valence-electron chi connectivity index (χ3n) is 5.01. The van der Waals surface area contributed by atoms with Gasteiger partial charge in [0.05, 0.1) is 5.69 Å². The molecular weight excluding hydrogens is 413 g/mol. The largest absolute Gasteiger partial charge is 0.486 e. The third-order valence-corrected chi connectivity index (χ3v) is 5.01. The number of carbonyl (C=O) groups is 1. The van der Waals surface area contributed by atoms with Crippen LogP contribution in [0, 0.1) is 12.7 Å². The lowest BCUT2D eigenvalue weighted by molar-refractivity contribution is 0.102. The molecule has 0 fully saturated rings. The standard InChI is InChI=1S/C23H18FN5O3/c1-14-11-17(5-6-18(14)24)29-22(15-3-2-8-25-13-15)21(27-28-29)23(30)26-16-4-7-19-20(12-16)32-10-9-31-19/h2-8,11-13H,9-10H2,1H3,(H,26,30). The molecule has 0 saturated heterocycles. The summed E-state index contributed by atoms with van der Waals surface area (Å²) in [5, 5.41) is 11.1. The lowest BCUT2D eigenvalue weighted by atomic mass is 10.1. The maximum atomic E-state index is 13.8. The fourth-order valence-corrected chi connectivity index (χ4v) is 3.45. The number of rotatable bonds is 4. The minimum Gasteiger partial charge on any atom is -0.486 e. The van der Waals surface area contributed by atoms with Gasteiger partial charge in [0.15, 0.2) is 17.2 Å². The molecule has 0 bridgehead atoms. The Bertz CT molecular complexity index is 1310. The van der Waals surface area contributed by atoms with Gasteiger partial charge >= 0.3 is 0 Å². The van der Waals surface area contributed by atoms with Crippen molar-refractivity contribution in [2.45, 2.75) is 6.92 Å². The Labute approximate surface area is 182 Å². The van der Waals surface area contributed by atoms with Crippen molar-refractivity contribution in [2.24, 2.45) is 0 Å². The van der Waals surface area contributed by atoms with E-state index in [9.17, 15) is 9.18 Å². The molecular formula is C23H18FN5O3. The monoisotopic (exact) mass is 431 g/mol. The van der Waals surface area contributed by atoms with Crippen LogP contribution in [-0.2, 0) is 0 Å². The summed E-state index contributed by atoms with van der Waals surface area (Å²) in [5.41, 5.74) is 2.76. The number of benzene rings is 2. The number of nitrogens with one attached hydrogen (secondary N) is 1. The van der Waals surface area contributed by atoms with Crippen LogP contribution < -0.4 is 14.8 Å². The van der Waals surface area contributed by atoms with Crippen molar-refractivity contribution < 1.29 is 18.7 Å². The van der Waals surface area contributed by atoms with E-state index in [1.807, 2.05) is 0 Å². The summed E-state index contributed by atoms with van der Waals surface area (Å²) in [4.78, 5) is 17.3. The fourth-order valence-electron chi connectivity index (χ4n) is 3.45. The van der Waals surface area contributed by atoms with Crippen LogP contribution in [0.15, 0.2) is 60.9 Å². The Morgan fingerprint density at radius 3 is 2.72 bits per heavy atom. The summed E-state index contributed by atoms with van der Waals surface area (Å²) < 4.78 is 26.4. The molecule has 4 aromatic rings. The Morgan fingerprint density at radius 1 is 1.09 bits per heavy atom. The number of nitrogens with zero attached hydrogens (tertiary/aromatic N) is 4. The van der Waals surface area contributed by atoms with E-state index in [4.69, 9.17) is 9.47 Å². The maximum absolute atomic E-state index is 13.8. The quantitative estimate of drug-likeness (QED) is 0.529. The van der Waals surface area contributed by atoms with Gasteiger partial charge in [0.1, 0.15) is 24.7 Å². The molecule has 8 nitrogen and oxygen atoms in total. The molecule has 0 unspecified atom stereocenters. The summed E-state index contributed by atoms with van der Waals surface area (Å²) in [7, 11) is 0. The topological polar surface area (TPSA) is 91.2 Å². The van der Waals surface area contributed by atoms with E-state index < -0.39 is 5.91 Å². The normalized spacial score (nSPS) is 12.4. The average Bonchev–Trinajstić information content (AvgIpc) is 3.27. The molecule has 0 atom stereocenters. The summed E-state index contributed by atoms with van der Waals surface area (Å²) in [6, 6.07) is 13.3. The van der Waals surface area contributed by atoms with Gasteiger partial charge in [-0.15, -0.1) is 5.10 Å². The van der Waals surface area contributed by atoms with Crippen molar-refractivity contribution >= 4 is 11.6 Å². The van der Waals surface area contributed by atoms with Crippen molar-refractivity contribution in [1.82, 2.24) is 20.0 Å². The Kier molecular flexibility index (Phi) is 4.98. The van der Waals surface area contributed by atoms with E-state index in [1.54, 1.807) is 61.8 Å². The number of hydrogen-bond donors (Lipinski definition) is 1. The first-order valence-corrected chi connectivity index (χ1v) is 9.94. The Hall–Kier alpha value is -4.27. The van der Waals surface area contributed by atoms with E-state index in [-0.39, 0.29) is 11.5 Å². The highest BCUT2D eigenvalue weighted by molar-refractivity contribution is 6.06. The number of hydrogen-bond acceptors (Lipinski definition) is 6. The summed E-state index contributed by atoms with van der Waals surface area (Å²) >= 11 is 0. The molecule has 0 spiro atoms. The lowest BCUT2D eigenvalue weighted by Crippen LogP contribution is -2.17. The molecule has 2 aromatic carbocycles. The first-order chi connectivity index (χ1) is 15.6. The van der Waals surface area contributed by atoms with E-state index in [1.165, 1.54) is 10.7 Å². The number of pyridine rings is 1. The molecule has 0 aliphatic carbocycles. The number of anilines is 1. The molecule has 2 aromatic heterocycles. The minimum atomic E-state index is -0.453. The zero-order chi connectivity index (χ0) is 22.1. The molecule has 1 aliphatic rings. The number of ether oxygens (including phenoxy) is 2. The molecule has 1 aliphatic heterocycles. The zero-order valence-electron chi connectivity index (χ0n) is 17.1. The first-order valence-electron chi connectivity index (χ1n) is 9.94. The van der Waals surface area contributed by atoms with E-state index in [0.29, 0.717) is 52.9 Å². The summed E-state index contributed by atoms with van der Waals surface area (Å²) in [5.74, 6) is 0.411. The molecule has 9 heteroatoms. The molecule has 0 saturated carbocycles. The number of aryl methyl sites for hydroxylation is 1. The number of amides is 1. The van der Waals surface area contributed by atoms with Crippen molar-refractivity contribution in [3.8, 4) is 28.4 Å². The molecule has 1 N–H and O–H groups in total. The predicted octanol–water partition coefficient (Wildman–Crippen LogP) is 3.80. The number of halogens is 1. The number of carbonyl (C=O) groups excluding carboxylic acids is 1. The van der Waals surface area contributed by atoms with Gasteiger partial charge in [-0.1, -0.05) is 5.21 Å². The zero-order valence-corrected chi connectivity index (χ0v) is 17.1. The summed E-state index contributed by atoms with van der Waals surface area (Å²) in [6.45, 7) is 2.59. The second-order valence-corrected chi connectivity index (χ2v) is 7.19. The van der Waals surface area contributed by atoms with Crippen LogP contribution >= 0.6 is 0 Å². The van der Waals surface area contributed by atoms with Crippen LogP contribution in [0.1, 0.15) is 16.1 Å².